The number of halogens is 2. The molecule has 0 bridgehead atoms. The van der Waals surface area contributed by atoms with Gasteiger partial charge >= 0.3 is 0 Å². The molecule has 2 amide bonds. The molecule has 1 aromatic carbocycles. The Morgan fingerprint density at radius 3 is 2.67 bits per heavy atom. The van der Waals surface area contributed by atoms with Gasteiger partial charge in [0.1, 0.15) is 0 Å². The van der Waals surface area contributed by atoms with Gasteiger partial charge in [0, 0.05) is 38.2 Å². The highest BCUT2D eigenvalue weighted by atomic mass is 35.5. The normalized spacial score (nSPS) is 18.1. The topological polar surface area (TPSA) is 87.5 Å². The Morgan fingerprint density at radius 1 is 1.30 bits per heavy atom. The number of nitrogens with two attached hydrogens (primary N) is 1. The summed E-state index contributed by atoms with van der Waals surface area (Å²) in [5.41, 5.74) is 8.11. The largest absolute Gasteiger partial charge is 0.372 e. The molecule has 1 aliphatic heterocycles. The second-order valence-corrected chi connectivity index (χ2v) is 7.17. The first kappa shape index (κ1) is 23.5. The Kier molecular flexibility index (Phi) is 9.36. The SMILES string of the molecule is CN1CCC(=O)Nc2cc(C(=O)NC(CN)C3CCCCC3)ccc21.Cl.Cl. The molecule has 27 heavy (non-hydrogen) atoms. The van der Waals surface area contributed by atoms with Crippen LogP contribution in [0.15, 0.2) is 18.2 Å². The highest BCUT2D eigenvalue weighted by Crippen LogP contribution is 2.29. The van der Waals surface area contributed by atoms with E-state index in [1.54, 1.807) is 6.07 Å². The van der Waals surface area contributed by atoms with Gasteiger partial charge in [-0.05, 0) is 37.0 Å². The third kappa shape index (κ3) is 5.74. The number of nitrogens with one attached hydrogen (secondary N) is 2. The zero-order valence-electron chi connectivity index (χ0n) is 15.7. The van der Waals surface area contributed by atoms with E-state index in [2.05, 4.69) is 10.6 Å². The maximum absolute atomic E-state index is 12.7. The number of amides is 2. The van der Waals surface area contributed by atoms with Gasteiger partial charge in [0.2, 0.25) is 5.91 Å². The third-order valence-corrected chi connectivity index (χ3v) is 5.41. The summed E-state index contributed by atoms with van der Waals surface area (Å²) in [5, 5.41) is 6.00. The van der Waals surface area contributed by atoms with Crippen molar-refractivity contribution in [2.24, 2.45) is 11.7 Å². The molecule has 0 radical (unpaired) electrons. The zero-order chi connectivity index (χ0) is 17.8. The zero-order valence-corrected chi connectivity index (χ0v) is 17.3. The molecule has 0 aromatic heterocycles. The highest BCUT2D eigenvalue weighted by molar-refractivity contribution is 6.01. The fourth-order valence-corrected chi connectivity index (χ4v) is 3.87. The van der Waals surface area contributed by atoms with Crippen molar-refractivity contribution in [1.29, 1.82) is 0 Å². The van der Waals surface area contributed by atoms with Crippen LogP contribution >= 0.6 is 24.8 Å². The summed E-state index contributed by atoms with van der Waals surface area (Å²) in [6, 6.07) is 5.49. The van der Waals surface area contributed by atoms with Crippen LogP contribution in [0.2, 0.25) is 0 Å². The van der Waals surface area contributed by atoms with Gasteiger partial charge in [-0.3, -0.25) is 9.59 Å². The van der Waals surface area contributed by atoms with Crippen LogP contribution < -0.4 is 21.3 Å². The Labute approximate surface area is 173 Å². The predicted octanol–water partition coefficient (Wildman–Crippen LogP) is 2.95. The lowest BCUT2D eigenvalue weighted by atomic mass is 9.84. The summed E-state index contributed by atoms with van der Waals surface area (Å²) in [7, 11) is 1.95. The van der Waals surface area contributed by atoms with Crippen molar-refractivity contribution in [3.05, 3.63) is 23.8 Å². The molecule has 1 unspecified atom stereocenters. The molecule has 1 aliphatic carbocycles. The van der Waals surface area contributed by atoms with E-state index in [0.29, 0.717) is 36.7 Å². The molecule has 1 atom stereocenters. The van der Waals surface area contributed by atoms with Crippen molar-refractivity contribution in [2.45, 2.75) is 44.6 Å². The molecule has 2 aliphatic rings. The molecule has 3 rings (SSSR count). The van der Waals surface area contributed by atoms with Crippen molar-refractivity contribution in [1.82, 2.24) is 5.32 Å². The van der Waals surface area contributed by atoms with Crippen molar-refractivity contribution in [2.75, 3.05) is 30.4 Å². The summed E-state index contributed by atoms with van der Waals surface area (Å²) in [4.78, 5) is 26.6. The smallest absolute Gasteiger partial charge is 0.251 e. The summed E-state index contributed by atoms with van der Waals surface area (Å²) < 4.78 is 0. The van der Waals surface area contributed by atoms with Crippen molar-refractivity contribution in [3.63, 3.8) is 0 Å². The Hall–Kier alpha value is -1.50. The van der Waals surface area contributed by atoms with Crippen LogP contribution in [0.5, 0.6) is 0 Å². The van der Waals surface area contributed by atoms with Crippen molar-refractivity contribution in [3.8, 4) is 0 Å². The fourth-order valence-electron chi connectivity index (χ4n) is 3.87. The monoisotopic (exact) mass is 416 g/mol. The fraction of sp³-hybridized carbons (Fsp3) is 0.579. The minimum Gasteiger partial charge on any atom is -0.372 e. The minimum absolute atomic E-state index is 0. The number of hydrogen-bond donors (Lipinski definition) is 3. The molecule has 8 heteroatoms. The molecule has 0 spiro atoms. The van der Waals surface area contributed by atoms with Gasteiger partial charge in [0.25, 0.3) is 5.91 Å². The van der Waals surface area contributed by atoms with E-state index in [4.69, 9.17) is 5.73 Å². The molecule has 1 fully saturated rings. The third-order valence-electron chi connectivity index (χ3n) is 5.41. The molecule has 152 valence electrons. The molecule has 1 heterocycles. The van der Waals surface area contributed by atoms with E-state index < -0.39 is 0 Å². The number of carbonyl (C=O) groups excluding carboxylic acids is 2. The van der Waals surface area contributed by atoms with Crippen LogP contribution in [0.3, 0.4) is 0 Å². The highest BCUT2D eigenvalue weighted by Gasteiger charge is 2.25. The van der Waals surface area contributed by atoms with Crippen LogP contribution in [0.25, 0.3) is 0 Å². The molecular weight excluding hydrogens is 387 g/mol. The number of nitrogens with zero attached hydrogens (tertiary/aromatic N) is 1. The summed E-state index contributed by atoms with van der Waals surface area (Å²) in [5.74, 6) is 0.324. The average Bonchev–Trinajstić information content (AvgIpc) is 2.78. The standard InChI is InChI=1S/C19H28N4O2.2ClH/c1-23-10-9-18(24)21-15-11-14(7-8-17(15)23)19(25)22-16(12-20)13-5-3-2-4-6-13;;/h7-8,11,13,16H,2-6,9-10,12,20H2,1H3,(H,21,24)(H,22,25);2*1H. The first-order chi connectivity index (χ1) is 12.1. The van der Waals surface area contributed by atoms with Crippen LogP contribution in [0, 0.1) is 5.92 Å². The molecular formula is C19H30Cl2N4O2. The van der Waals surface area contributed by atoms with Gasteiger partial charge in [0.15, 0.2) is 0 Å². The lowest BCUT2D eigenvalue weighted by Crippen LogP contribution is -2.45. The Balaban J connectivity index is 0.00000182. The van der Waals surface area contributed by atoms with Gasteiger partial charge < -0.3 is 21.3 Å². The maximum Gasteiger partial charge on any atom is 0.251 e. The minimum atomic E-state index is -0.120. The van der Waals surface area contributed by atoms with Gasteiger partial charge in [0.05, 0.1) is 11.4 Å². The number of benzene rings is 1. The van der Waals surface area contributed by atoms with Gasteiger partial charge in [-0.15, -0.1) is 24.8 Å². The number of hydrogen-bond acceptors (Lipinski definition) is 4. The lowest BCUT2D eigenvalue weighted by Gasteiger charge is -2.30. The Morgan fingerprint density at radius 2 is 2.00 bits per heavy atom. The van der Waals surface area contributed by atoms with E-state index in [1.807, 2.05) is 24.1 Å². The predicted molar refractivity (Wildman–Crippen MR) is 114 cm³/mol. The lowest BCUT2D eigenvalue weighted by molar-refractivity contribution is -0.115. The van der Waals surface area contributed by atoms with Crippen molar-refractivity contribution >= 4 is 48.0 Å². The van der Waals surface area contributed by atoms with Crippen LogP contribution in [-0.4, -0.2) is 38.0 Å². The van der Waals surface area contributed by atoms with E-state index in [1.165, 1.54) is 19.3 Å². The number of carbonyl (C=O) groups is 2. The number of anilines is 2. The van der Waals surface area contributed by atoms with Gasteiger partial charge in [-0.2, -0.15) is 0 Å². The summed E-state index contributed by atoms with van der Waals surface area (Å²) in [6.45, 7) is 1.13. The van der Waals surface area contributed by atoms with E-state index in [-0.39, 0.29) is 42.7 Å². The summed E-state index contributed by atoms with van der Waals surface area (Å²) in [6.07, 6.45) is 6.42. The van der Waals surface area contributed by atoms with Crippen LogP contribution in [-0.2, 0) is 4.79 Å². The average molecular weight is 417 g/mol. The molecule has 1 saturated carbocycles. The molecule has 0 saturated heterocycles. The number of rotatable bonds is 4. The second kappa shape index (κ2) is 10.7. The van der Waals surface area contributed by atoms with Gasteiger partial charge in [-0.25, -0.2) is 0 Å². The quantitative estimate of drug-likeness (QED) is 0.703. The Bertz CT molecular complexity index is 651. The molecule has 6 nitrogen and oxygen atoms in total. The number of fused-ring (bicyclic) bond motifs is 1. The van der Waals surface area contributed by atoms with E-state index >= 15 is 0 Å². The van der Waals surface area contributed by atoms with E-state index in [9.17, 15) is 9.59 Å². The van der Waals surface area contributed by atoms with Gasteiger partial charge in [-0.1, -0.05) is 19.3 Å². The van der Waals surface area contributed by atoms with E-state index in [0.717, 1.165) is 18.5 Å². The maximum atomic E-state index is 12.7. The summed E-state index contributed by atoms with van der Waals surface area (Å²) >= 11 is 0. The second-order valence-electron chi connectivity index (χ2n) is 7.17. The first-order valence-electron chi connectivity index (χ1n) is 9.24. The first-order valence-corrected chi connectivity index (χ1v) is 9.24. The molecule has 4 N–H and O–H groups in total. The molecule has 1 aromatic rings. The van der Waals surface area contributed by atoms with Crippen molar-refractivity contribution < 1.29 is 9.59 Å². The van der Waals surface area contributed by atoms with Crippen LogP contribution in [0.4, 0.5) is 11.4 Å². The van der Waals surface area contributed by atoms with Crippen LogP contribution in [0.1, 0.15) is 48.9 Å².